The number of anilines is 1. The molecular formula is C14H15F3N2O3. The minimum Gasteiger partial charge on any atom is -0.497 e. The first kappa shape index (κ1) is 16.1. The summed E-state index contributed by atoms with van der Waals surface area (Å²) in [5.74, 6) is -1.22. The van der Waals surface area contributed by atoms with Crippen LogP contribution in [0.4, 0.5) is 18.9 Å². The van der Waals surface area contributed by atoms with Crippen molar-refractivity contribution < 1.29 is 27.5 Å². The molecule has 0 aromatic heterocycles. The molecule has 0 saturated carbocycles. The second-order valence-electron chi connectivity index (χ2n) is 4.94. The predicted octanol–water partition coefficient (Wildman–Crippen LogP) is 1.73. The third kappa shape index (κ3) is 3.90. The van der Waals surface area contributed by atoms with Crippen LogP contribution in [0.15, 0.2) is 24.3 Å². The van der Waals surface area contributed by atoms with E-state index in [1.807, 2.05) is 5.32 Å². The minimum absolute atomic E-state index is 0.0643. The van der Waals surface area contributed by atoms with Gasteiger partial charge in [0.05, 0.1) is 13.0 Å². The van der Waals surface area contributed by atoms with E-state index in [-0.39, 0.29) is 18.9 Å². The van der Waals surface area contributed by atoms with Gasteiger partial charge in [0.1, 0.15) is 12.3 Å². The fraction of sp³-hybridized carbons (Fsp3) is 0.429. The van der Waals surface area contributed by atoms with Crippen LogP contribution in [-0.4, -0.2) is 38.2 Å². The zero-order valence-electron chi connectivity index (χ0n) is 11.8. The summed E-state index contributed by atoms with van der Waals surface area (Å²) in [5, 5.41) is 1.81. The maximum absolute atomic E-state index is 12.1. The van der Waals surface area contributed by atoms with Gasteiger partial charge in [-0.3, -0.25) is 9.59 Å². The minimum atomic E-state index is -4.46. The Kier molecular flexibility index (Phi) is 4.58. The average Bonchev–Trinajstić information content (AvgIpc) is 2.86. The highest BCUT2D eigenvalue weighted by molar-refractivity contribution is 6.00. The number of carbonyl (C=O) groups excluding carboxylic acids is 2. The number of benzene rings is 1. The number of halogens is 3. The number of methoxy groups -OCH3 is 1. The van der Waals surface area contributed by atoms with E-state index < -0.39 is 24.5 Å². The van der Waals surface area contributed by atoms with E-state index in [1.54, 1.807) is 24.3 Å². The molecule has 1 aromatic rings. The molecule has 1 N–H and O–H groups in total. The van der Waals surface area contributed by atoms with Gasteiger partial charge in [-0.15, -0.1) is 0 Å². The summed E-state index contributed by atoms with van der Waals surface area (Å²) in [7, 11) is 1.51. The molecule has 0 radical (unpaired) electrons. The molecule has 5 nitrogen and oxygen atoms in total. The third-order valence-corrected chi connectivity index (χ3v) is 3.34. The van der Waals surface area contributed by atoms with Crippen LogP contribution >= 0.6 is 0 Å². The Morgan fingerprint density at radius 3 is 2.55 bits per heavy atom. The number of hydrogen-bond donors (Lipinski definition) is 1. The molecule has 1 unspecified atom stereocenters. The van der Waals surface area contributed by atoms with Crippen LogP contribution in [-0.2, 0) is 9.59 Å². The highest BCUT2D eigenvalue weighted by atomic mass is 19.4. The first-order valence-corrected chi connectivity index (χ1v) is 6.59. The summed E-state index contributed by atoms with van der Waals surface area (Å²) < 4.78 is 41.3. The first-order valence-electron chi connectivity index (χ1n) is 6.59. The maximum atomic E-state index is 12.1. The normalized spacial score (nSPS) is 18.5. The zero-order chi connectivity index (χ0) is 16.3. The van der Waals surface area contributed by atoms with Gasteiger partial charge in [0.15, 0.2) is 0 Å². The Morgan fingerprint density at radius 1 is 1.36 bits per heavy atom. The predicted molar refractivity (Wildman–Crippen MR) is 72.5 cm³/mol. The lowest BCUT2D eigenvalue weighted by molar-refractivity contribution is -0.140. The van der Waals surface area contributed by atoms with Crippen LogP contribution in [0.25, 0.3) is 0 Å². The molecule has 1 heterocycles. The van der Waals surface area contributed by atoms with Gasteiger partial charge in [0.2, 0.25) is 11.8 Å². The Bertz CT molecular complexity index is 557. The summed E-state index contributed by atoms with van der Waals surface area (Å²) in [6.07, 6.45) is -4.57. The zero-order valence-corrected chi connectivity index (χ0v) is 11.8. The van der Waals surface area contributed by atoms with E-state index in [0.717, 1.165) is 0 Å². The van der Waals surface area contributed by atoms with Gasteiger partial charge < -0.3 is 15.0 Å². The number of ether oxygens (including phenoxy) is 1. The van der Waals surface area contributed by atoms with E-state index in [1.165, 1.54) is 12.0 Å². The number of nitrogens with one attached hydrogen (secondary N) is 1. The molecule has 2 rings (SSSR count). The summed E-state index contributed by atoms with van der Waals surface area (Å²) in [6, 6.07) is 6.65. The average molecular weight is 316 g/mol. The molecule has 22 heavy (non-hydrogen) atoms. The molecule has 0 bridgehead atoms. The van der Waals surface area contributed by atoms with Crippen molar-refractivity contribution in [2.24, 2.45) is 5.92 Å². The summed E-state index contributed by atoms with van der Waals surface area (Å²) in [5.41, 5.74) is 0.580. The molecule has 1 fully saturated rings. The molecule has 1 aromatic carbocycles. The number of rotatable bonds is 4. The van der Waals surface area contributed by atoms with Gasteiger partial charge in [0, 0.05) is 18.7 Å². The quantitative estimate of drug-likeness (QED) is 0.920. The monoisotopic (exact) mass is 316 g/mol. The van der Waals surface area contributed by atoms with Crippen molar-refractivity contribution in [3.63, 3.8) is 0 Å². The highest BCUT2D eigenvalue weighted by Crippen LogP contribution is 2.27. The van der Waals surface area contributed by atoms with Crippen LogP contribution in [0.5, 0.6) is 5.75 Å². The SMILES string of the molecule is COc1ccc(N2CC(C(=O)NCC(F)(F)F)CC2=O)cc1. The van der Waals surface area contributed by atoms with E-state index in [2.05, 4.69) is 0 Å². The third-order valence-electron chi connectivity index (χ3n) is 3.34. The Labute approximate surface area is 125 Å². The Hall–Kier alpha value is -2.25. The van der Waals surface area contributed by atoms with Gasteiger partial charge in [-0.1, -0.05) is 0 Å². The van der Waals surface area contributed by atoms with Crippen molar-refractivity contribution in [2.75, 3.05) is 25.1 Å². The van der Waals surface area contributed by atoms with Crippen molar-refractivity contribution >= 4 is 17.5 Å². The van der Waals surface area contributed by atoms with Crippen LogP contribution in [0, 0.1) is 5.92 Å². The second-order valence-corrected chi connectivity index (χ2v) is 4.94. The second kappa shape index (κ2) is 6.25. The lowest BCUT2D eigenvalue weighted by Crippen LogP contribution is -2.38. The van der Waals surface area contributed by atoms with Gasteiger partial charge in [-0.2, -0.15) is 13.2 Å². The molecule has 2 amide bonds. The highest BCUT2D eigenvalue weighted by Gasteiger charge is 2.36. The van der Waals surface area contributed by atoms with Gasteiger partial charge in [-0.25, -0.2) is 0 Å². The smallest absolute Gasteiger partial charge is 0.405 e. The van der Waals surface area contributed by atoms with E-state index in [9.17, 15) is 22.8 Å². The van der Waals surface area contributed by atoms with Crippen molar-refractivity contribution in [3.05, 3.63) is 24.3 Å². The standard InChI is InChI=1S/C14H15F3N2O3/c1-22-11-4-2-10(3-5-11)19-7-9(6-12(19)20)13(21)18-8-14(15,16)17/h2-5,9H,6-8H2,1H3,(H,18,21). The summed E-state index contributed by atoms with van der Waals surface area (Å²) >= 11 is 0. The van der Waals surface area contributed by atoms with Gasteiger partial charge in [-0.05, 0) is 24.3 Å². The molecule has 1 atom stereocenters. The molecule has 0 spiro atoms. The Morgan fingerprint density at radius 2 is 2.00 bits per heavy atom. The summed E-state index contributed by atoms with van der Waals surface area (Å²) in [6.45, 7) is -1.33. The van der Waals surface area contributed by atoms with E-state index in [0.29, 0.717) is 11.4 Å². The number of amides is 2. The molecule has 1 aliphatic heterocycles. The van der Waals surface area contributed by atoms with Gasteiger partial charge in [0.25, 0.3) is 0 Å². The van der Waals surface area contributed by atoms with Crippen molar-refractivity contribution in [2.45, 2.75) is 12.6 Å². The molecular weight excluding hydrogens is 301 g/mol. The van der Waals surface area contributed by atoms with Crippen LogP contribution in [0.3, 0.4) is 0 Å². The topological polar surface area (TPSA) is 58.6 Å². The molecule has 1 saturated heterocycles. The fourth-order valence-corrected chi connectivity index (χ4v) is 2.23. The van der Waals surface area contributed by atoms with E-state index >= 15 is 0 Å². The Balaban J connectivity index is 1.99. The first-order chi connectivity index (χ1) is 10.3. The number of carbonyl (C=O) groups is 2. The number of alkyl halides is 3. The van der Waals surface area contributed by atoms with Crippen LogP contribution in [0.2, 0.25) is 0 Å². The molecule has 8 heteroatoms. The van der Waals surface area contributed by atoms with Crippen molar-refractivity contribution in [1.82, 2.24) is 5.32 Å². The van der Waals surface area contributed by atoms with E-state index in [4.69, 9.17) is 4.74 Å². The lowest BCUT2D eigenvalue weighted by Gasteiger charge is -2.17. The van der Waals surface area contributed by atoms with Crippen molar-refractivity contribution in [3.8, 4) is 5.75 Å². The van der Waals surface area contributed by atoms with Crippen molar-refractivity contribution in [1.29, 1.82) is 0 Å². The molecule has 120 valence electrons. The summed E-state index contributed by atoms with van der Waals surface area (Å²) in [4.78, 5) is 25.0. The molecule has 0 aliphatic carbocycles. The molecule has 1 aliphatic rings. The largest absolute Gasteiger partial charge is 0.497 e. The van der Waals surface area contributed by atoms with Crippen LogP contribution in [0.1, 0.15) is 6.42 Å². The lowest BCUT2D eigenvalue weighted by atomic mass is 10.1. The fourth-order valence-electron chi connectivity index (χ4n) is 2.23. The number of hydrogen-bond acceptors (Lipinski definition) is 3. The van der Waals surface area contributed by atoms with Gasteiger partial charge >= 0.3 is 6.18 Å². The maximum Gasteiger partial charge on any atom is 0.405 e. The van der Waals surface area contributed by atoms with Crippen LogP contribution < -0.4 is 15.0 Å². The number of nitrogens with zero attached hydrogens (tertiary/aromatic N) is 1.